The van der Waals surface area contributed by atoms with E-state index in [4.69, 9.17) is 4.74 Å². The van der Waals surface area contributed by atoms with Gasteiger partial charge in [0, 0.05) is 36.4 Å². The number of benzene rings is 3. The predicted octanol–water partition coefficient (Wildman–Crippen LogP) is 7.33. The molecule has 1 amide bonds. The first-order valence-corrected chi connectivity index (χ1v) is 12.1. The van der Waals surface area contributed by atoms with Crippen LogP contribution in [-0.4, -0.2) is 25.8 Å². The lowest BCUT2D eigenvalue weighted by Crippen LogP contribution is -2.26. The van der Waals surface area contributed by atoms with Crippen LogP contribution in [0.3, 0.4) is 0 Å². The van der Waals surface area contributed by atoms with Gasteiger partial charge in [-0.25, -0.2) is 4.79 Å². The third kappa shape index (κ3) is 6.85. The molecule has 0 atom stereocenters. The normalized spacial score (nSPS) is 12.4. The molecule has 1 heterocycles. The summed E-state index contributed by atoms with van der Waals surface area (Å²) in [5.41, 5.74) is 7.30. The summed E-state index contributed by atoms with van der Waals surface area (Å²) in [6.45, 7) is 9.09. The smallest absolute Gasteiger partial charge is 0.411 e. The Hall–Kier alpha value is -3.27. The zero-order valence-corrected chi connectivity index (χ0v) is 20.1. The van der Waals surface area contributed by atoms with Crippen LogP contribution in [0.1, 0.15) is 44.7 Å². The number of hydrogen-bond donors (Lipinski definition) is 1. The minimum absolute atomic E-state index is 0.353. The maximum absolute atomic E-state index is 11.4. The van der Waals surface area contributed by atoms with Gasteiger partial charge in [-0.15, -0.1) is 0 Å². The molecule has 0 aliphatic carbocycles. The van der Waals surface area contributed by atoms with E-state index in [-0.39, 0.29) is 6.09 Å². The van der Waals surface area contributed by atoms with E-state index in [9.17, 15) is 4.79 Å². The summed E-state index contributed by atoms with van der Waals surface area (Å²) in [4.78, 5) is 13.8. The molecule has 3 aromatic rings. The lowest BCUT2D eigenvalue weighted by atomic mass is 10.0. The zero-order valence-electron chi connectivity index (χ0n) is 20.1. The first-order valence-electron chi connectivity index (χ1n) is 12.1. The van der Waals surface area contributed by atoms with Crippen molar-refractivity contribution in [2.24, 2.45) is 0 Å². The first-order chi connectivity index (χ1) is 16.2. The van der Waals surface area contributed by atoms with Crippen molar-refractivity contribution in [3.63, 3.8) is 0 Å². The average molecular weight is 445 g/mol. The summed E-state index contributed by atoms with van der Waals surface area (Å²) in [5.74, 6) is 0. The van der Waals surface area contributed by atoms with Crippen molar-refractivity contribution in [1.29, 1.82) is 0 Å². The molecule has 0 bridgehead atoms. The zero-order chi connectivity index (χ0) is 23.5. The number of anilines is 2. The number of nitrogens with one attached hydrogen (secondary N) is 1. The maximum Gasteiger partial charge on any atom is 0.411 e. The lowest BCUT2D eigenvalue weighted by Gasteiger charge is -2.27. The minimum Gasteiger partial charge on any atom is -0.449 e. The molecule has 33 heavy (non-hydrogen) atoms. The summed E-state index contributed by atoms with van der Waals surface area (Å²) in [5, 5.41) is 2.81. The van der Waals surface area contributed by atoms with Gasteiger partial charge < -0.3 is 9.64 Å². The second-order valence-corrected chi connectivity index (χ2v) is 8.22. The molecule has 4 nitrogen and oxygen atoms in total. The summed E-state index contributed by atoms with van der Waals surface area (Å²) < 4.78 is 5.07. The number of nitrogens with zero attached hydrogens (tertiary/aromatic N) is 1. The first kappa shape index (κ1) is 24.4. The van der Waals surface area contributed by atoms with Gasteiger partial charge in [-0.3, -0.25) is 5.32 Å². The number of ether oxygens (including phenoxy) is 1. The fraction of sp³-hybridized carbons (Fsp3) is 0.345. The number of carbonyl (C=O) groups is 1. The van der Waals surface area contributed by atoms with Crippen LogP contribution in [0.15, 0.2) is 72.8 Å². The highest BCUT2D eigenvalue weighted by Gasteiger charge is 2.18. The maximum atomic E-state index is 11.4. The van der Waals surface area contributed by atoms with E-state index in [1.165, 1.54) is 27.9 Å². The van der Waals surface area contributed by atoms with E-state index in [1.54, 1.807) is 0 Å². The van der Waals surface area contributed by atoms with E-state index in [1.807, 2.05) is 18.2 Å². The molecule has 1 N–H and O–H groups in total. The molecular formula is C29H36N2O2. The molecule has 3 aromatic carbocycles. The Morgan fingerprint density at radius 3 is 2.24 bits per heavy atom. The Labute approximate surface area is 198 Å². The van der Waals surface area contributed by atoms with Crippen LogP contribution in [0.25, 0.3) is 11.1 Å². The van der Waals surface area contributed by atoms with Crippen molar-refractivity contribution in [2.75, 3.05) is 29.9 Å². The van der Waals surface area contributed by atoms with Gasteiger partial charge in [0.15, 0.2) is 0 Å². The highest BCUT2D eigenvalue weighted by molar-refractivity contribution is 5.88. The van der Waals surface area contributed by atoms with Crippen molar-refractivity contribution >= 4 is 17.5 Å². The van der Waals surface area contributed by atoms with Gasteiger partial charge in [0.05, 0.1) is 6.61 Å². The monoisotopic (exact) mass is 444 g/mol. The average Bonchev–Trinajstić information content (AvgIpc) is 3.05. The second kappa shape index (κ2) is 12.7. The number of carbonyl (C=O) groups excluding carboxylic acids is 1. The Balaban J connectivity index is 0.000000194. The lowest BCUT2D eigenvalue weighted by molar-refractivity contribution is 0.165. The van der Waals surface area contributed by atoms with E-state index in [0.717, 1.165) is 44.5 Å². The van der Waals surface area contributed by atoms with E-state index < -0.39 is 0 Å². The van der Waals surface area contributed by atoms with Gasteiger partial charge >= 0.3 is 6.09 Å². The minimum atomic E-state index is -0.353. The quantitative estimate of drug-likeness (QED) is 0.415. The molecule has 0 unspecified atom stereocenters. The molecule has 0 spiro atoms. The van der Waals surface area contributed by atoms with Gasteiger partial charge in [-0.05, 0) is 48.1 Å². The SMILES string of the molecule is CCCN(CCC)c1cccc2c1CCOC(=O)N2.CCc1cccc(-c2ccccc2)c1. The second-order valence-electron chi connectivity index (χ2n) is 8.22. The highest BCUT2D eigenvalue weighted by Crippen LogP contribution is 2.30. The summed E-state index contributed by atoms with van der Waals surface area (Å²) in [6.07, 6.45) is 3.75. The Morgan fingerprint density at radius 2 is 1.55 bits per heavy atom. The third-order valence-corrected chi connectivity index (χ3v) is 5.74. The van der Waals surface area contributed by atoms with E-state index >= 15 is 0 Å². The van der Waals surface area contributed by atoms with Gasteiger partial charge in [0.25, 0.3) is 0 Å². The largest absolute Gasteiger partial charge is 0.449 e. The van der Waals surface area contributed by atoms with Gasteiger partial charge in [-0.1, -0.05) is 81.4 Å². The standard InChI is InChI=1S/C15H22N2O2.C14H14/c1-3-9-17(10-4-2)14-7-5-6-13-12(14)8-11-19-15(18)16-13;1-2-12-7-6-10-14(11-12)13-8-4-3-5-9-13/h5-7H,3-4,8-11H2,1-2H3,(H,16,18);3-11H,2H2,1H3. The fourth-order valence-electron chi connectivity index (χ4n) is 4.14. The Morgan fingerprint density at radius 1 is 0.848 bits per heavy atom. The van der Waals surface area contributed by atoms with Crippen molar-refractivity contribution in [3.8, 4) is 11.1 Å². The molecule has 0 saturated heterocycles. The number of fused-ring (bicyclic) bond motifs is 1. The molecule has 0 saturated carbocycles. The van der Waals surface area contributed by atoms with Crippen molar-refractivity contribution in [2.45, 2.75) is 46.5 Å². The molecule has 174 valence electrons. The molecule has 0 radical (unpaired) electrons. The molecular weight excluding hydrogens is 408 g/mol. The van der Waals surface area contributed by atoms with E-state index in [2.05, 4.69) is 85.6 Å². The van der Waals surface area contributed by atoms with Crippen molar-refractivity contribution in [3.05, 3.63) is 83.9 Å². The molecule has 4 rings (SSSR count). The summed E-state index contributed by atoms with van der Waals surface area (Å²) >= 11 is 0. The van der Waals surface area contributed by atoms with Gasteiger partial charge in [0.1, 0.15) is 0 Å². The van der Waals surface area contributed by atoms with Gasteiger partial charge in [-0.2, -0.15) is 0 Å². The number of rotatable bonds is 7. The topological polar surface area (TPSA) is 41.6 Å². The van der Waals surface area contributed by atoms with Crippen LogP contribution < -0.4 is 10.2 Å². The molecule has 0 fully saturated rings. The van der Waals surface area contributed by atoms with Crippen LogP contribution in [-0.2, 0) is 17.6 Å². The molecule has 1 aliphatic rings. The number of hydrogen-bond acceptors (Lipinski definition) is 3. The van der Waals surface area contributed by atoms with Crippen LogP contribution in [0, 0.1) is 0 Å². The number of aryl methyl sites for hydroxylation is 1. The molecule has 0 aromatic heterocycles. The van der Waals surface area contributed by atoms with Crippen LogP contribution in [0.4, 0.5) is 16.2 Å². The van der Waals surface area contributed by atoms with Crippen LogP contribution in [0.5, 0.6) is 0 Å². The predicted molar refractivity (Wildman–Crippen MR) is 139 cm³/mol. The van der Waals surface area contributed by atoms with Gasteiger partial charge in [0.2, 0.25) is 0 Å². The fourth-order valence-corrected chi connectivity index (χ4v) is 4.14. The Kier molecular flexibility index (Phi) is 9.37. The summed E-state index contributed by atoms with van der Waals surface area (Å²) in [6, 6.07) is 25.3. The van der Waals surface area contributed by atoms with Crippen LogP contribution in [0.2, 0.25) is 0 Å². The van der Waals surface area contributed by atoms with E-state index in [0.29, 0.717) is 6.61 Å². The summed E-state index contributed by atoms with van der Waals surface area (Å²) in [7, 11) is 0. The van der Waals surface area contributed by atoms with Crippen molar-refractivity contribution < 1.29 is 9.53 Å². The van der Waals surface area contributed by atoms with Crippen molar-refractivity contribution in [1.82, 2.24) is 0 Å². The molecule has 1 aliphatic heterocycles. The van der Waals surface area contributed by atoms with Crippen LogP contribution >= 0.6 is 0 Å². The Bertz CT molecular complexity index is 1010. The third-order valence-electron chi connectivity index (χ3n) is 5.74. The molecule has 4 heteroatoms. The number of cyclic esters (lactones) is 1. The number of amides is 1. The highest BCUT2D eigenvalue weighted by atomic mass is 16.5.